The van der Waals surface area contributed by atoms with Crippen molar-refractivity contribution in [3.05, 3.63) is 40.4 Å². The molecule has 124 valence electrons. The molecule has 1 rings (SSSR count). The lowest BCUT2D eigenvalue weighted by Gasteiger charge is -2.34. The van der Waals surface area contributed by atoms with Crippen LogP contribution in [0.25, 0.3) is 5.53 Å². The van der Waals surface area contributed by atoms with E-state index in [2.05, 4.69) is 4.79 Å². The van der Waals surface area contributed by atoms with E-state index in [0.717, 1.165) is 5.56 Å². The molecule has 0 spiro atoms. The Balaban J connectivity index is 3.11. The zero-order valence-electron chi connectivity index (χ0n) is 13.7. The van der Waals surface area contributed by atoms with Gasteiger partial charge in [-0.25, -0.2) is 4.79 Å². The predicted octanol–water partition coefficient (Wildman–Crippen LogP) is 2.70. The monoisotopic (exact) mass is 337 g/mol. The van der Waals surface area contributed by atoms with E-state index in [0.29, 0.717) is 5.02 Å². The Morgan fingerprint density at radius 3 is 2.26 bits per heavy atom. The highest BCUT2D eigenvalue weighted by Crippen LogP contribution is 2.19. The molecule has 6 nitrogen and oxygen atoms in total. The number of esters is 1. The molecule has 0 saturated carbocycles. The Morgan fingerprint density at radius 2 is 1.83 bits per heavy atom. The second-order valence-corrected chi connectivity index (χ2v) is 6.29. The van der Waals surface area contributed by atoms with Crippen LogP contribution >= 0.6 is 11.6 Å². The Morgan fingerprint density at radius 1 is 1.26 bits per heavy atom. The van der Waals surface area contributed by atoms with Crippen LogP contribution in [0.1, 0.15) is 33.3 Å². The second kappa shape index (κ2) is 7.90. The third kappa shape index (κ3) is 5.20. The van der Waals surface area contributed by atoms with E-state index >= 15 is 0 Å². The summed E-state index contributed by atoms with van der Waals surface area (Å²) < 4.78 is 4.75. The summed E-state index contributed by atoms with van der Waals surface area (Å²) >= 11 is 5.86. The number of nitrogens with zero attached hydrogens (tertiary/aromatic N) is 3. The first-order chi connectivity index (χ1) is 10.7. The van der Waals surface area contributed by atoms with Crippen molar-refractivity contribution in [2.75, 3.05) is 6.61 Å². The molecule has 0 aliphatic carbocycles. The molecule has 0 aliphatic rings. The summed E-state index contributed by atoms with van der Waals surface area (Å²) in [4.78, 5) is 28.6. The predicted molar refractivity (Wildman–Crippen MR) is 87.0 cm³/mol. The smallest absolute Gasteiger partial charge is 0.457 e. The Kier molecular flexibility index (Phi) is 6.49. The quantitative estimate of drug-likeness (QED) is 0.272. The van der Waals surface area contributed by atoms with E-state index in [9.17, 15) is 9.59 Å². The molecule has 1 aromatic rings. The molecule has 23 heavy (non-hydrogen) atoms. The molecule has 0 atom stereocenters. The van der Waals surface area contributed by atoms with Gasteiger partial charge in [0.05, 0.1) is 6.61 Å². The average Bonchev–Trinajstić information content (AvgIpc) is 2.46. The fourth-order valence-corrected chi connectivity index (χ4v) is 2.01. The Bertz CT molecular complexity index is 629. The van der Waals surface area contributed by atoms with Crippen molar-refractivity contribution in [2.45, 2.75) is 39.8 Å². The summed E-state index contributed by atoms with van der Waals surface area (Å²) in [5.74, 6) is -1.65. The topological polar surface area (TPSA) is 83.0 Å². The summed E-state index contributed by atoms with van der Waals surface area (Å²) in [6.07, 6.45) is 0. The number of amides is 1. The number of benzene rings is 1. The first kappa shape index (κ1) is 18.9. The first-order valence-electron chi connectivity index (χ1n) is 7.16. The number of hydrogen-bond acceptors (Lipinski definition) is 3. The summed E-state index contributed by atoms with van der Waals surface area (Å²) in [7, 11) is 0. The van der Waals surface area contributed by atoms with Gasteiger partial charge in [-0.05, 0) is 45.4 Å². The van der Waals surface area contributed by atoms with E-state index in [1.807, 2.05) is 20.8 Å². The zero-order valence-corrected chi connectivity index (χ0v) is 14.4. The van der Waals surface area contributed by atoms with Gasteiger partial charge in [-0.2, -0.15) is 4.79 Å². The molecule has 1 aromatic carbocycles. The van der Waals surface area contributed by atoms with Crippen LogP contribution in [0, 0.1) is 0 Å². The van der Waals surface area contributed by atoms with Crippen LogP contribution in [-0.2, 0) is 20.9 Å². The molecule has 0 unspecified atom stereocenters. The van der Waals surface area contributed by atoms with Gasteiger partial charge in [0.15, 0.2) is 0 Å². The van der Waals surface area contributed by atoms with Crippen molar-refractivity contribution in [3.63, 3.8) is 0 Å². The third-order valence-electron chi connectivity index (χ3n) is 3.08. The van der Waals surface area contributed by atoms with Crippen molar-refractivity contribution in [3.8, 4) is 0 Å². The van der Waals surface area contributed by atoms with Crippen molar-refractivity contribution in [1.82, 2.24) is 4.90 Å². The SMILES string of the molecule is CCOC(=O)C(=[N+]=[N-])C(=O)N(Cc1ccc(Cl)cc1)C(C)(C)C. The van der Waals surface area contributed by atoms with Gasteiger partial charge in [0.1, 0.15) is 0 Å². The number of halogens is 1. The summed E-state index contributed by atoms with van der Waals surface area (Å²) in [6.45, 7) is 7.38. The number of carbonyl (C=O) groups is 2. The van der Waals surface area contributed by atoms with Crippen LogP contribution in [0.4, 0.5) is 0 Å². The highest BCUT2D eigenvalue weighted by Gasteiger charge is 2.39. The van der Waals surface area contributed by atoms with Crippen molar-refractivity contribution < 1.29 is 19.1 Å². The lowest BCUT2D eigenvalue weighted by molar-refractivity contribution is -0.145. The molecular weight excluding hydrogens is 318 g/mol. The van der Waals surface area contributed by atoms with Crippen LogP contribution < -0.4 is 0 Å². The van der Waals surface area contributed by atoms with Crippen LogP contribution in [0.2, 0.25) is 5.02 Å². The van der Waals surface area contributed by atoms with Gasteiger partial charge in [0.2, 0.25) is 0 Å². The molecule has 0 heterocycles. The molecule has 1 amide bonds. The molecule has 0 aromatic heterocycles. The maximum atomic E-state index is 12.6. The highest BCUT2D eigenvalue weighted by molar-refractivity contribution is 6.61. The minimum absolute atomic E-state index is 0.0812. The molecule has 0 saturated heterocycles. The summed E-state index contributed by atoms with van der Waals surface area (Å²) in [5, 5.41) is 0.589. The maximum absolute atomic E-state index is 12.6. The van der Waals surface area contributed by atoms with Crippen LogP contribution in [0.15, 0.2) is 24.3 Å². The van der Waals surface area contributed by atoms with Gasteiger partial charge >= 0.3 is 17.6 Å². The van der Waals surface area contributed by atoms with Gasteiger partial charge in [0, 0.05) is 17.1 Å². The van der Waals surface area contributed by atoms with Crippen LogP contribution in [0.5, 0.6) is 0 Å². The number of ether oxygens (including phenoxy) is 1. The van der Waals surface area contributed by atoms with E-state index < -0.39 is 23.1 Å². The van der Waals surface area contributed by atoms with Gasteiger partial charge in [0.25, 0.3) is 0 Å². The summed E-state index contributed by atoms with van der Waals surface area (Å²) in [5.41, 5.74) is 8.62. The van der Waals surface area contributed by atoms with E-state index in [4.69, 9.17) is 21.9 Å². The minimum Gasteiger partial charge on any atom is -0.457 e. The van der Waals surface area contributed by atoms with Gasteiger partial charge in [-0.3, -0.25) is 4.79 Å². The molecule has 0 bridgehead atoms. The zero-order chi connectivity index (χ0) is 17.6. The van der Waals surface area contributed by atoms with Gasteiger partial charge < -0.3 is 15.2 Å². The van der Waals surface area contributed by atoms with E-state index in [-0.39, 0.29) is 13.2 Å². The lowest BCUT2D eigenvalue weighted by atomic mass is 10.0. The van der Waals surface area contributed by atoms with Crippen molar-refractivity contribution in [1.29, 1.82) is 0 Å². The molecule has 0 N–H and O–H groups in total. The fourth-order valence-electron chi connectivity index (χ4n) is 1.88. The number of rotatable bonds is 5. The van der Waals surface area contributed by atoms with Crippen molar-refractivity contribution in [2.24, 2.45) is 0 Å². The van der Waals surface area contributed by atoms with E-state index in [1.165, 1.54) is 4.90 Å². The minimum atomic E-state index is -0.953. The number of carbonyl (C=O) groups excluding carboxylic acids is 2. The molecule has 7 heteroatoms. The molecule has 0 fully saturated rings. The lowest BCUT2D eigenvalue weighted by Crippen LogP contribution is -2.50. The average molecular weight is 338 g/mol. The maximum Gasteiger partial charge on any atom is 0.463 e. The van der Waals surface area contributed by atoms with Crippen molar-refractivity contribution >= 4 is 29.2 Å². The Hall–Kier alpha value is -2.17. The highest BCUT2D eigenvalue weighted by atomic mass is 35.5. The molecule has 0 aliphatic heterocycles. The standard InChI is InChI=1S/C16H20ClN3O3/c1-5-23-15(22)13(19-18)14(21)20(16(2,3)4)10-11-6-8-12(17)9-7-11/h6-9H,5,10H2,1-4H3. The Labute approximate surface area is 140 Å². The normalized spacial score (nSPS) is 10.7. The van der Waals surface area contributed by atoms with Crippen LogP contribution in [-0.4, -0.2) is 39.4 Å². The molecule has 0 radical (unpaired) electrons. The van der Waals surface area contributed by atoms with E-state index in [1.54, 1.807) is 31.2 Å². The third-order valence-corrected chi connectivity index (χ3v) is 3.33. The first-order valence-corrected chi connectivity index (χ1v) is 7.54. The van der Waals surface area contributed by atoms with Gasteiger partial charge in [-0.1, -0.05) is 23.7 Å². The number of hydrogen-bond donors (Lipinski definition) is 0. The molecular formula is C16H20ClN3O3. The largest absolute Gasteiger partial charge is 0.463 e. The summed E-state index contributed by atoms with van der Waals surface area (Å²) in [6, 6.07) is 7.01. The van der Waals surface area contributed by atoms with Crippen LogP contribution in [0.3, 0.4) is 0 Å². The van der Waals surface area contributed by atoms with Gasteiger partial charge in [-0.15, -0.1) is 0 Å². The fraction of sp³-hybridized carbons (Fsp3) is 0.438. The second-order valence-electron chi connectivity index (χ2n) is 5.86.